The van der Waals surface area contributed by atoms with Gasteiger partial charge in [0.15, 0.2) is 11.5 Å². The van der Waals surface area contributed by atoms with Crippen LogP contribution in [0.25, 0.3) is 0 Å². The first kappa shape index (κ1) is 17.2. The molecule has 7 nitrogen and oxygen atoms in total. The molecule has 0 fully saturated rings. The highest BCUT2D eigenvalue weighted by Crippen LogP contribution is 2.28. The molecule has 0 aliphatic rings. The van der Waals surface area contributed by atoms with Gasteiger partial charge in [-0.05, 0) is 24.6 Å². The SMILES string of the molecule is COc1ccc(CC(=O)Nc2nnc(C(C)OC)s2)cc1OC. The predicted octanol–water partition coefficient (Wildman–Crippen LogP) is 2.44. The largest absolute Gasteiger partial charge is 0.493 e. The van der Waals surface area contributed by atoms with Crippen molar-refractivity contribution < 1.29 is 19.0 Å². The van der Waals surface area contributed by atoms with Crippen molar-refractivity contribution in [1.29, 1.82) is 0 Å². The van der Waals surface area contributed by atoms with Gasteiger partial charge in [0.25, 0.3) is 0 Å². The molecular formula is C15H19N3O4S. The first-order chi connectivity index (χ1) is 11.1. The Morgan fingerprint density at radius 3 is 2.61 bits per heavy atom. The van der Waals surface area contributed by atoms with E-state index in [1.54, 1.807) is 33.5 Å². The lowest BCUT2D eigenvalue weighted by atomic mass is 10.1. The van der Waals surface area contributed by atoms with Gasteiger partial charge in [-0.3, -0.25) is 4.79 Å². The Bertz CT molecular complexity index is 674. The second kappa shape index (κ2) is 7.89. The standard InChI is InChI=1S/C15H19N3O4S/c1-9(20-2)14-17-18-15(23-14)16-13(19)8-10-5-6-11(21-3)12(7-10)22-4/h5-7,9H,8H2,1-4H3,(H,16,18,19). The van der Waals surface area contributed by atoms with Crippen LogP contribution < -0.4 is 14.8 Å². The Balaban J connectivity index is 2.00. The molecule has 23 heavy (non-hydrogen) atoms. The maximum atomic E-state index is 12.1. The van der Waals surface area contributed by atoms with Crippen LogP contribution in [0.3, 0.4) is 0 Å². The fraction of sp³-hybridized carbons (Fsp3) is 0.400. The quantitative estimate of drug-likeness (QED) is 0.835. The van der Waals surface area contributed by atoms with Crippen LogP contribution in [0.5, 0.6) is 11.5 Å². The smallest absolute Gasteiger partial charge is 0.230 e. The fourth-order valence-electron chi connectivity index (χ4n) is 1.89. The molecule has 8 heteroatoms. The van der Waals surface area contributed by atoms with Crippen LogP contribution in [0.1, 0.15) is 23.6 Å². The molecule has 1 atom stereocenters. The van der Waals surface area contributed by atoms with E-state index in [0.717, 1.165) is 5.56 Å². The molecule has 1 heterocycles. The minimum atomic E-state index is -0.176. The van der Waals surface area contributed by atoms with Crippen molar-refractivity contribution in [2.45, 2.75) is 19.4 Å². The highest BCUT2D eigenvalue weighted by atomic mass is 32.1. The van der Waals surface area contributed by atoms with E-state index in [1.807, 2.05) is 13.0 Å². The fourth-order valence-corrected chi connectivity index (χ4v) is 2.68. The summed E-state index contributed by atoms with van der Waals surface area (Å²) >= 11 is 1.29. The van der Waals surface area contributed by atoms with E-state index in [1.165, 1.54) is 11.3 Å². The van der Waals surface area contributed by atoms with E-state index in [9.17, 15) is 4.79 Å². The second-order valence-corrected chi connectivity index (χ2v) is 5.75. The lowest BCUT2D eigenvalue weighted by Gasteiger charge is -2.09. The van der Waals surface area contributed by atoms with Crippen molar-refractivity contribution in [3.05, 3.63) is 28.8 Å². The molecule has 1 amide bonds. The van der Waals surface area contributed by atoms with Gasteiger partial charge in [-0.2, -0.15) is 0 Å². The van der Waals surface area contributed by atoms with E-state index in [4.69, 9.17) is 14.2 Å². The number of hydrogen-bond donors (Lipinski definition) is 1. The van der Waals surface area contributed by atoms with Crippen LogP contribution in [0.2, 0.25) is 0 Å². The van der Waals surface area contributed by atoms with Gasteiger partial charge < -0.3 is 19.5 Å². The van der Waals surface area contributed by atoms with Crippen molar-refractivity contribution >= 4 is 22.4 Å². The molecule has 0 aliphatic heterocycles. The normalized spacial score (nSPS) is 11.8. The van der Waals surface area contributed by atoms with Crippen LogP contribution >= 0.6 is 11.3 Å². The van der Waals surface area contributed by atoms with E-state index in [-0.39, 0.29) is 18.4 Å². The lowest BCUT2D eigenvalue weighted by molar-refractivity contribution is -0.115. The number of carbonyl (C=O) groups excluding carboxylic acids is 1. The molecule has 1 aromatic heterocycles. The molecule has 0 saturated carbocycles. The number of carbonyl (C=O) groups is 1. The number of rotatable bonds is 7. The van der Waals surface area contributed by atoms with Gasteiger partial charge in [0.2, 0.25) is 11.0 Å². The number of aromatic nitrogens is 2. The number of hydrogen-bond acceptors (Lipinski definition) is 7. The highest BCUT2D eigenvalue weighted by molar-refractivity contribution is 7.15. The molecule has 0 saturated heterocycles. The van der Waals surface area contributed by atoms with Crippen LogP contribution in [0.15, 0.2) is 18.2 Å². The third-order valence-corrected chi connectivity index (χ3v) is 4.20. The third-order valence-electron chi connectivity index (χ3n) is 3.20. The summed E-state index contributed by atoms with van der Waals surface area (Å²) in [6.07, 6.45) is 0.0544. The number of benzene rings is 1. The van der Waals surface area contributed by atoms with Crippen LogP contribution in [-0.4, -0.2) is 37.4 Å². The lowest BCUT2D eigenvalue weighted by Crippen LogP contribution is -2.14. The van der Waals surface area contributed by atoms with E-state index in [0.29, 0.717) is 21.6 Å². The molecule has 0 aliphatic carbocycles. The van der Waals surface area contributed by atoms with Gasteiger partial charge >= 0.3 is 0 Å². The van der Waals surface area contributed by atoms with Crippen molar-refractivity contribution in [2.75, 3.05) is 26.6 Å². The van der Waals surface area contributed by atoms with Crippen molar-refractivity contribution in [2.24, 2.45) is 0 Å². The number of methoxy groups -OCH3 is 3. The molecule has 124 valence electrons. The van der Waals surface area contributed by atoms with Crippen LogP contribution in [0.4, 0.5) is 5.13 Å². The van der Waals surface area contributed by atoms with E-state index >= 15 is 0 Å². The third kappa shape index (κ3) is 4.40. The molecule has 2 rings (SSSR count). The zero-order chi connectivity index (χ0) is 16.8. The molecule has 0 spiro atoms. The minimum Gasteiger partial charge on any atom is -0.493 e. The Morgan fingerprint density at radius 1 is 1.22 bits per heavy atom. The molecule has 0 radical (unpaired) electrons. The minimum absolute atomic E-state index is 0.149. The number of nitrogens with zero attached hydrogens (tertiary/aromatic N) is 2. The summed E-state index contributed by atoms with van der Waals surface area (Å²) in [6.45, 7) is 1.87. The molecule has 1 aromatic carbocycles. The van der Waals surface area contributed by atoms with Gasteiger partial charge in [0.1, 0.15) is 11.1 Å². The molecule has 1 N–H and O–H groups in total. The summed E-state index contributed by atoms with van der Waals surface area (Å²) in [7, 11) is 4.72. The van der Waals surface area contributed by atoms with Crippen molar-refractivity contribution in [3.63, 3.8) is 0 Å². The average Bonchev–Trinajstić information content (AvgIpc) is 3.02. The van der Waals surface area contributed by atoms with Crippen LogP contribution in [-0.2, 0) is 16.0 Å². The van der Waals surface area contributed by atoms with Gasteiger partial charge in [0.05, 0.1) is 20.6 Å². The summed E-state index contributed by atoms with van der Waals surface area (Å²) < 4.78 is 15.6. The first-order valence-corrected chi connectivity index (χ1v) is 7.76. The van der Waals surface area contributed by atoms with Gasteiger partial charge in [-0.1, -0.05) is 17.4 Å². The summed E-state index contributed by atoms with van der Waals surface area (Å²) in [4.78, 5) is 12.1. The first-order valence-electron chi connectivity index (χ1n) is 6.94. The number of amides is 1. The van der Waals surface area contributed by atoms with Gasteiger partial charge in [0, 0.05) is 7.11 Å². The van der Waals surface area contributed by atoms with Crippen molar-refractivity contribution in [1.82, 2.24) is 10.2 Å². The highest BCUT2D eigenvalue weighted by Gasteiger charge is 2.14. The van der Waals surface area contributed by atoms with Crippen LogP contribution in [0, 0.1) is 0 Å². The summed E-state index contributed by atoms with van der Waals surface area (Å²) in [5, 5.41) is 11.8. The van der Waals surface area contributed by atoms with Gasteiger partial charge in [-0.15, -0.1) is 10.2 Å². The maximum Gasteiger partial charge on any atom is 0.230 e. The number of nitrogens with one attached hydrogen (secondary N) is 1. The van der Waals surface area contributed by atoms with E-state index in [2.05, 4.69) is 15.5 Å². The Morgan fingerprint density at radius 2 is 1.96 bits per heavy atom. The zero-order valence-electron chi connectivity index (χ0n) is 13.5. The molecule has 2 aromatic rings. The molecular weight excluding hydrogens is 318 g/mol. The zero-order valence-corrected chi connectivity index (χ0v) is 14.3. The molecule has 0 bridgehead atoms. The summed E-state index contributed by atoms with van der Waals surface area (Å²) in [5.41, 5.74) is 0.815. The number of anilines is 1. The summed E-state index contributed by atoms with van der Waals surface area (Å²) in [5.74, 6) is 1.04. The summed E-state index contributed by atoms with van der Waals surface area (Å²) in [6, 6.07) is 5.36. The van der Waals surface area contributed by atoms with Gasteiger partial charge in [-0.25, -0.2) is 0 Å². The monoisotopic (exact) mass is 337 g/mol. The van der Waals surface area contributed by atoms with E-state index < -0.39 is 0 Å². The second-order valence-electron chi connectivity index (χ2n) is 4.74. The predicted molar refractivity (Wildman–Crippen MR) is 87.2 cm³/mol. The average molecular weight is 337 g/mol. The Kier molecular flexibility index (Phi) is 5.89. The Hall–Kier alpha value is -2.19. The topological polar surface area (TPSA) is 82.6 Å². The van der Waals surface area contributed by atoms with Crippen molar-refractivity contribution in [3.8, 4) is 11.5 Å². The number of ether oxygens (including phenoxy) is 3. The Labute approximate surface area is 138 Å². The molecule has 1 unspecified atom stereocenters. The maximum absolute atomic E-state index is 12.1.